The number of ether oxygens (including phenoxy) is 3. The molecule has 0 aromatic carbocycles. The molecule has 12 nitrogen and oxygen atoms in total. The lowest BCUT2D eigenvalue weighted by molar-refractivity contribution is -0.178. The Morgan fingerprint density at radius 3 is 1.78 bits per heavy atom. The molecular formula is C25H36O12. The maximum atomic E-state index is 12.1. The highest BCUT2D eigenvalue weighted by Gasteiger charge is 2.42. The van der Waals surface area contributed by atoms with Gasteiger partial charge in [-0.25, -0.2) is 0 Å². The van der Waals surface area contributed by atoms with Gasteiger partial charge in [0.25, 0.3) is 6.47 Å². The summed E-state index contributed by atoms with van der Waals surface area (Å²) in [6.45, 7) is -0.0956. The van der Waals surface area contributed by atoms with Gasteiger partial charge in [-0.15, -0.1) is 0 Å². The van der Waals surface area contributed by atoms with Crippen LogP contribution in [0.2, 0.25) is 0 Å². The molecule has 0 radical (unpaired) electrons. The summed E-state index contributed by atoms with van der Waals surface area (Å²) >= 11 is 0. The van der Waals surface area contributed by atoms with Crippen LogP contribution in [0.3, 0.4) is 0 Å². The van der Waals surface area contributed by atoms with Crippen molar-refractivity contribution in [1.82, 2.24) is 0 Å². The fraction of sp³-hybridized carbons (Fsp3) is 0.760. The maximum Gasteiger partial charge on any atom is 0.309 e. The molecule has 0 bridgehead atoms. The van der Waals surface area contributed by atoms with E-state index in [2.05, 4.69) is 4.74 Å². The first-order chi connectivity index (χ1) is 17.4. The van der Waals surface area contributed by atoms with Gasteiger partial charge in [0.05, 0.1) is 24.9 Å². The Hall–Kier alpha value is -2.86. The lowest BCUT2D eigenvalue weighted by Crippen LogP contribution is -2.46. The smallest absolute Gasteiger partial charge is 0.309 e. The van der Waals surface area contributed by atoms with Crippen molar-refractivity contribution in [3.63, 3.8) is 0 Å². The summed E-state index contributed by atoms with van der Waals surface area (Å²) in [5.74, 6) is -2.51. The number of Topliss-reactive ketones (excluding diaryl/α,β-unsaturated/α-hetero) is 2. The van der Waals surface area contributed by atoms with Crippen molar-refractivity contribution in [1.29, 1.82) is 0 Å². The molecule has 2 aliphatic rings. The van der Waals surface area contributed by atoms with Gasteiger partial charge in [0, 0.05) is 38.5 Å². The zero-order valence-electron chi connectivity index (χ0n) is 20.9. The van der Waals surface area contributed by atoms with Crippen LogP contribution in [0.15, 0.2) is 0 Å². The van der Waals surface area contributed by atoms with Gasteiger partial charge in [0.2, 0.25) is 0 Å². The van der Waals surface area contributed by atoms with E-state index in [4.69, 9.17) is 14.6 Å². The molecule has 2 heterocycles. The topological polar surface area (TPSA) is 191 Å². The highest BCUT2D eigenvalue weighted by Crippen LogP contribution is 2.31. The minimum absolute atomic E-state index is 0.0135. The molecular weight excluding hydrogens is 492 g/mol. The maximum absolute atomic E-state index is 12.1. The summed E-state index contributed by atoms with van der Waals surface area (Å²) in [5.41, 5.74) is -3.11. The molecule has 0 aliphatic carbocycles. The zero-order valence-corrected chi connectivity index (χ0v) is 20.9. The van der Waals surface area contributed by atoms with Crippen molar-refractivity contribution in [3.8, 4) is 0 Å². The summed E-state index contributed by atoms with van der Waals surface area (Å²) in [6.07, 6.45) is 0.655. The van der Waals surface area contributed by atoms with Crippen LogP contribution in [0.25, 0.3) is 0 Å². The Bertz CT molecular complexity index is 851. The first-order valence-electron chi connectivity index (χ1n) is 12.6. The van der Waals surface area contributed by atoms with Gasteiger partial charge in [-0.3, -0.25) is 28.8 Å². The van der Waals surface area contributed by atoms with E-state index in [0.29, 0.717) is 32.1 Å². The highest BCUT2D eigenvalue weighted by molar-refractivity contribution is 5.81. The van der Waals surface area contributed by atoms with Gasteiger partial charge in [0.15, 0.2) is 0 Å². The van der Waals surface area contributed by atoms with E-state index < -0.39 is 47.7 Å². The lowest BCUT2D eigenvalue weighted by Gasteiger charge is -2.35. The summed E-state index contributed by atoms with van der Waals surface area (Å²) in [6, 6.07) is 0. The number of carbonyl (C=O) groups excluding carboxylic acids is 5. The second-order valence-electron chi connectivity index (χ2n) is 10.1. The first-order valence-corrected chi connectivity index (χ1v) is 12.6. The number of rotatable bonds is 17. The summed E-state index contributed by atoms with van der Waals surface area (Å²) in [5, 5.41) is 29.6. The van der Waals surface area contributed by atoms with Crippen LogP contribution in [-0.2, 0) is 43.0 Å². The molecule has 0 amide bonds. The van der Waals surface area contributed by atoms with Gasteiger partial charge >= 0.3 is 17.9 Å². The third-order valence-electron chi connectivity index (χ3n) is 6.53. The summed E-state index contributed by atoms with van der Waals surface area (Å²) in [7, 11) is 0. The molecule has 37 heavy (non-hydrogen) atoms. The number of hydrogen-bond acceptors (Lipinski definition) is 11. The Balaban J connectivity index is 1.58. The number of ketones is 2. The van der Waals surface area contributed by atoms with Crippen LogP contribution in [0, 0.1) is 0 Å². The van der Waals surface area contributed by atoms with Gasteiger partial charge < -0.3 is 29.5 Å². The van der Waals surface area contributed by atoms with E-state index in [-0.39, 0.29) is 76.0 Å². The molecule has 4 atom stereocenters. The third kappa shape index (κ3) is 11.4. The van der Waals surface area contributed by atoms with E-state index in [1.54, 1.807) is 0 Å². The summed E-state index contributed by atoms with van der Waals surface area (Å²) < 4.78 is 15.0. The largest absolute Gasteiger partial charge is 0.481 e. The molecule has 2 aliphatic heterocycles. The van der Waals surface area contributed by atoms with Gasteiger partial charge in [-0.2, -0.15) is 0 Å². The van der Waals surface area contributed by atoms with Crippen molar-refractivity contribution < 1.29 is 58.3 Å². The molecule has 0 aromatic heterocycles. The predicted octanol–water partition coefficient (Wildman–Crippen LogP) is 1.16. The van der Waals surface area contributed by atoms with Crippen molar-refractivity contribution in [2.75, 3.05) is 6.61 Å². The molecule has 0 aromatic rings. The second kappa shape index (κ2) is 14.2. The summed E-state index contributed by atoms with van der Waals surface area (Å²) in [4.78, 5) is 69.0. The van der Waals surface area contributed by atoms with Crippen LogP contribution in [0.1, 0.15) is 89.9 Å². The molecule has 3 N–H and O–H groups in total. The van der Waals surface area contributed by atoms with Crippen LogP contribution in [-0.4, -0.2) is 81.3 Å². The SMILES string of the molecule is O=COCC1(O)CC(=O)OC(CCCC(=O)CCCC(=O)CCCC2CC(O)(CC(=O)O)CC(=O)O2)C1. The van der Waals surface area contributed by atoms with Crippen molar-refractivity contribution in [2.45, 2.75) is 113 Å². The lowest BCUT2D eigenvalue weighted by atomic mass is 9.85. The Kier molecular flexibility index (Phi) is 11.6. The molecule has 0 spiro atoms. The van der Waals surface area contributed by atoms with Crippen LogP contribution in [0.4, 0.5) is 0 Å². The number of carbonyl (C=O) groups is 6. The Morgan fingerprint density at radius 1 is 0.838 bits per heavy atom. The van der Waals surface area contributed by atoms with Gasteiger partial charge in [0.1, 0.15) is 36.0 Å². The molecule has 0 saturated carbocycles. The van der Waals surface area contributed by atoms with Crippen molar-refractivity contribution >= 4 is 35.9 Å². The van der Waals surface area contributed by atoms with E-state index >= 15 is 0 Å². The molecule has 2 fully saturated rings. The number of hydrogen-bond donors (Lipinski definition) is 3. The first kappa shape index (κ1) is 30.4. The molecule has 208 valence electrons. The number of esters is 2. The number of carboxylic acid groups (broad SMARTS) is 1. The number of aliphatic hydroxyl groups is 2. The average molecular weight is 529 g/mol. The average Bonchev–Trinajstić information content (AvgIpc) is 2.75. The minimum Gasteiger partial charge on any atom is -0.481 e. The van der Waals surface area contributed by atoms with E-state index in [1.807, 2.05) is 0 Å². The normalized spacial score (nSPS) is 27.6. The number of cyclic esters (lactones) is 2. The van der Waals surface area contributed by atoms with Crippen LogP contribution in [0.5, 0.6) is 0 Å². The van der Waals surface area contributed by atoms with Crippen molar-refractivity contribution in [3.05, 3.63) is 0 Å². The van der Waals surface area contributed by atoms with Crippen LogP contribution < -0.4 is 0 Å². The molecule has 2 rings (SSSR count). The third-order valence-corrected chi connectivity index (χ3v) is 6.53. The number of carboxylic acids is 1. The fourth-order valence-electron chi connectivity index (χ4n) is 4.89. The van der Waals surface area contributed by atoms with E-state index in [0.717, 1.165) is 0 Å². The van der Waals surface area contributed by atoms with E-state index in [9.17, 15) is 39.0 Å². The van der Waals surface area contributed by atoms with Crippen molar-refractivity contribution in [2.24, 2.45) is 0 Å². The fourth-order valence-corrected chi connectivity index (χ4v) is 4.89. The van der Waals surface area contributed by atoms with Crippen LogP contribution >= 0.6 is 0 Å². The minimum atomic E-state index is -1.64. The molecule has 2 saturated heterocycles. The second-order valence-corrected chi connectivity index (χ2v) is 10.1. The van der Waals surface area contributed by atoms with E-state index in [1.165, 1.54) is 0 Å². The number of aliphatic carboxylic acids is 1. The Labute approximate surface area is 214 Å². The monoisotopic (exact) mass is 528 g/mol. The zero-order chi connectivity index (χ0) is 27.5. The van der Waals surface area contributed by atoms with Gasteiger partial charge in [-0.05, 0) is 32.1 Å². The molecule has 4 unspecified atom stereocenters. The molecule has 12 heteroatoms. The predicted molar refractivity (Wildman–Crippen MR) is 124 cm³/mol. The van der Waals surface area contributed by atoms with Gasteiger partial charge in [-0.1, -0.05) is 0 Å². The quantitative estimate of drug-likeness (QED) is 0.139. The Morgan fingerprint density at radius 2 is 1.30 bits per heavy atom. The highest BCUT2D eigenvalue weighted by atomic mass is 16.6. The standard InChI is InChI=1S/C25H36O12/c26-16-35-15-25(34)11-20(37-23(32)14-25)9-3-7-18(28)5-1-4-17(27)6-2-8-19-10-24(33,12-21(29)30)13-22(31)36-19/h16,19-20,33-34H,1-15H2,(H,29,30).